The Kier molecular flexibility index (Phi) is 2.08. The second-order valence-corrected chi connectivity index (χ2v) is 2.29. The maximum absolute atomic E-state index is 5.44. The smallest absolute Gasteiger partial charge is 0.0749 e. The summed E-state index contributed by atoms with van der Waals surface area (Å²) in [6.45, 7) is 0. The van der Waals surface area contributed by atoms with Crippen LogP contribution in [0.5, 0.6) is 0 Å². The SMILES string of the molecule is NC(S)c1cccnc1. The highest BCUT2D eigenvalue weighted by molar-refractivity contribution is 7.80. The molecular weight excluding hydrogens is 132 g/mol. The van der Waals surface area contributed by atoms with Gasteiger partial charge >= 0.3 is 0 Å². The van der Waals surface area contributed by atoms with E-state index in [1.807, 2.05) is 12.1 Å². The summed E-state index contributed by atoms with van der Waals surface area (Å²) < 4.78 is 0. The zero-order chi connectivity index (χ0) is 6.69. The molecule has 0 amide bonds. The van der Waals surface area contributed by atoms with E-state index in [0.717, 1.165) is 5.56 Å². The number of pyridine rings is 1. The van der Waals surface area contributed by atoms with Crippen molar-refractivity contribution in [3.63, 3.8) is 0 Å². The Morgan fingerprint density at radius 1 is 1.67 bits per heavy atom. The first-order valence-corrected chi connectivity index (χ1v) is 3.16. The molecule has 0 aromatic carbocycles. The van der Waals surface area contributed by atoms with E-state index < -0.39 is 0 Å². The number of hydrogen-bond acceptors (Lipinski definition) is 3. The monoisotopic (exact) mass is 140 g/mol. The molecule has 1 heterocycles. The molecule has 0 saturated carbocycles. The van der Waals surface area contributed by atoms with Crippen LogP contribution in [0.15, 0.2) is 24.5 Å². The van der Waals surface area contributed by atoms with Gasteiger partial charge in [-0.1, -0.05) is 6.07 Å². The lowest BCUT2D eigenvalue weighted by atomic mass is 10.3. The van der Waals surface area contributed by atoms with Gasteiger partial charge in [-0.05, 0) is 11.6 Å². The molecule has 1 atom stereocenters. The number of nitrogens with two attached hydrogens (primary N) is 1. The first-order valence-electron chi connectivity index (χ1n) is 2.64. The number of rotatable bonds is 1. The van der Waals surface area contributed by atoms with Crippen molar-refractivity contribution in [2.24, 2.45) is 5.73 Å². The molecule has 3 heteroatoms. The van der Waals surface area contributed by atoms with Crippen molar-refractivity contribution >= 4 is 12.6 Å². The predicted molar refractivity (Wildman–Crippen MR) is 40.2 cm³/mol. The van der Waals surface area contributed by atoms with Crippen LogP contribution in [0.25, 0.3) is 0 Å². The fourth-order valence-corrected chi connectivity index (χ4v) is 0.704. The molecule has 9 heavy (non-hydrogen) atoms. The number of hydrogen-bond donors (Lipinski definition) is 2. The van der Waals surface area contributed by atoms with Crippen LogP contribution in [0, 0.1) is 0 Å². The third-order valence-corrected chi connectivity index (χ3v) is 1.32. The minimum absolute atomic E-state index is 0.210. The van der Waals surface area contributed by atoms with Crippen LogP contribution in [0.1, 0.15) is 10.9 Å². The van der Waals surface area contributed by atoms with E-state index in [4.69, 9.17) is 5.73 Å². The first kappa shape index (κ1) is 6.58. The number of nitrogens with zero attached hydrogens (tertiary/aromatic N) is 1. The molecule has 0 saturated heterocycles. The van der Waals surface area contributed by atoms with E-state index in [2.05, 4.69) is 17.6 Å². The van der Waals surface area contributed by atoms with Gasteiger partial charge in [0, 0.05) is 12.4 Å². The van der Waals surface area contributed by atoms with Gasteiger partial charge in [0.2, 0.25) is 0 Å². The van der Waals surface area contributed by atoms with Gasteiger partial charge in [-0.3, -0.25) is 4.98 Å². The molecule has 0 spiro atoms. The third kappa shape index (κ3) is 1.69. The Morgan fingerprint density at radius 2 is 2.44 bits per heavy atom. The van der Waals surface area contributed by atoms with E-state index in [0.29, 0.717) is 0 Å². The summed E-state index contributed by atoms with van der Waals surface area (Å²) in [6.07, 6.45) is 3.41. The molecule has 0 bridgehead atoms. The molecule has 1 unspecified atom stereocenters. The lowest BCUT2D eigenvalue weighted by molar-refractivity contribution is 1.02. The molecule has 2 nitrogen and oxygen atoms in total. The van der Waals surface area contributed by atoms with Gasteiger partial charge in [0.25, 0.3) is 0 Å². The van der Waals surface area contributed by atoms with Crippen LogP contribution in [-0.4, -0.2) is 4.98 Å². The molecule has 1 rings (SSSR count). The molecule has 1 aromatic heterocycles. The summed E-state index contributed by atoms with van der Waals surface area (Å²) in [4.78, 5) is 3.88. The zero-order valence-corrected chi connectivity index (χ0v) is 5.75. The quantitative estimate of drug-likeness (QED) is 0.450. The molecule has 2 N–H and O–H groups in total. The molecule has 0 aliphatic carbocycles. The lowest BCUT2D eigenvalue weighted by Crippen LogP contribution is -2.01. The van der Waals surface area contributed by atoms with Crippen LogP contribution in [0.4, 0.5) is 0 Å². The second kappa shape index (κ2) is 2.85. The predicted octanol–water partition coefficient (Wildman–Crippen LogP) is 0.969. The van der Waals surface area contributed by atoms with Crippen LogP contribution >= 0.6 is 12.6 Å². The minimum atomic E-state index is -0.210. The molecule has 0 fully saturated rings. The average Bonchev–Trinajstić information content (AvgIpc) is 1.90. The zero-order valence-electron chi connectivity index (χ0n) is 4.86. The van der Waals surface area contributed by atoms with Gasteiger partial charge in [-0.2, -0.15) is 12.6 Å². The van der Waals surface area contributed by atoms with Crippen molar-refractivity contribution in [2.45, 2.75) is 5.37 Å². The normalized spacial score (nSPS) is 13.1. The third-order valence-electron chi connectivity index (χ3n) is 1.03. The molecule has 48 valence electrons. The lowest BCUT2D eigenvalue weighted by Gasteiger charge is -2.00. The highest BCUT2D eigenvalue weighted by Gasteiger charge is 1.95. The number of thiol groups is 1. The number of aromatic nitrogens is 1. The fourth-order valence-electron chi connectivity index (χ4n) is 0.551. The molecule has 0 radical (unpaired) electrons. The van der Waals surface area contributed by atoms with Crippen molar-refractivity contribution in [3.05, 3.63) is 30.1 Å². The van der Waals surface area contributed by atoms with Crippen LogP contribution < -0.4 is 5.73 Å². The van der Waals surface area contributed by atoms with Crippen LogP contribution in [-0.2, 0) is 0 Å². The van der Waals surface area contributed by atoms with E-state index in [-0.39, 0.29) is 5.37 Å². The Bertz CT molecular complexity index is 174. The highest BCUT2D eigenvalue weighted by Crippen LogP contribution is 2.09. The Balaban J connectivity index is 2.85. The van der Waals surface area contributed by atoms with Crippen molar-refractivity contribution in [3.8, 4) is 0 Å². The van der Waals surface area contributed by atoms with Gasteiger partial charge in [-0.25, -0.2) is 0 Å². The van der Waals surface area contributed by atoms with Gasteiger partial charge < -0.3 is 5.73 Å². The Labute approximate surface area is 59.5 Å². The van der Waals surface area contributed by atoms with Crippen molar-refractivity contribution in [1.82, 2.24) is 4.98 Å². The highest BCUT2D eigenvalue weighted by atomic mass is 32.1. The van der Waals surface area contributed by atoms with Gasteiger partial charge in [0.05, 0.1) is 5.37 Å². The average molecular weight is 140 g/mol. The maximum atomic E-state index is 5.44. The van der Waals surface area contributed by atoms with Gasteiger partial charge in [0.15, 0.2) is 0 Å². The summed E-state index contributed by atoms with van der Waals surface area (Å²) in [7, 11) is 0. The van der Waals surface area contributed by atoms with E-state index >= 15 is 0 Å². The summed E-state index contributed by atoms with van der Waals surface area (Å²) in [5.74, 6) is 0. The molecule has 1 aromatic rings. The van der Waals surface area contributed by atoms with Crippen molar-refractivity contribution < 1.29 is 0 Å². The van der Waals surface area contributed by atoms with E-state index in [1.165, 1.54) is 0 Å². The summed E-state index contributed by atoms with van der Waals surface area (Å²) in [5, 5.41) is -0.210. The fraction of sp³-hybridized carbons (Fsp3) is 0.167. The van der Waals surface area contributed by atoms with Gasteiger partial charge in [-0.15, -0.1) is 0 Å². The second-order valence-electron chi connectivity index (χ2n) is 1.73. The summed E-state index contributed by atoms with van der Waals surface area (Å²) in [6, 6.07) is 3.73. The largest absolute Gasteiger partial charge is 0.316 e. The topological polar surface area (TPSA) is 38.9 Å². The van der Waals surface area contributed by atoms with Crippen molar-refractivity contribution in [2.75, 3.05) is 0 Å². The van der Waals surface area contributed by atoms with Gasteiger partial charge in [0.1, 0.15) is 0 Å². The summed E-state index contributed by atoms with van der Waals surface area (Å²) >= 11 is 4.03. The molecule has 0 aliphatic rings. The molecular formula is C6H8N2S. The van der Waals surface area contributed by atoms with Crippen LogP contribution in [0.3, 0.4) is 0 Å². The standard InChI is InChI=1S/C6H8N2S/c7-6(9)5-2-1-3-8-4-5/h1-4,6,9H,7H2. The van der Waals surface area contributed by atoms with Crippen molar-refractivity contribution in [1.29, 1.82) is 0 Å². The Morgan fingerprint density at radius 3 is 2.78 bits per heavy atom. The first-order chi connectivity index (χ1) is 4.30. The maximum Gasteiger partial charge on any atom is 0.0749 e. The van der Waals surface area contributed by atoms with Crippen LogP contribution in [0.2, 0.25) is 0 Å². The Hall–Kier alpha value is -0.540. The minimum Gasteiger partial charge on any atom is -0.316 e. The molecule has 0 aliphatic heterocycles. The summed E-state index contributed by atoms with van der Waals surface area (Å²) in [5.41, 5.74) is 6.38. The van der Waals surface area contributed by atoms with E-state index in [1.54, 1.807) is 12.4 Å². The van der Waals surface area contributed by atoms with E-state index in [9.17, 15) is 0 Å².